The van der Waals surface area contributed by atoms with Crippen LogP contribution in [-0.4, -0.2) is 42.4 Å². The summed E-state index contributed by atoms with van der Waals surface area (Å²) in [6.45, 7) is 0.651. The first-order valence-corrected chi connectivity index (χ1v) is 10.4. The molecular weight excluding hydrogens is 366 g/mol. The second kappa shape index (κ2) is 5.85. The predicted molar refractivity (Wildman–Crippen MR) is 106 cm³/mol. The summed E-state index contributed by atoms with van der Waals surface area (Å²) in [7, 11) is 1.65. The van der Waals surface area contributed by atoms with E-state index in [1.54, 1.807) is 7.11 Å². The SMILES string of the molecule is COc1ccc2c3c1O[C@H]1C(=O)CC[C@H]4[C@@H](C2)N(C(=O)c2ccccc2)CC[C@]314. The van der Waals surface area contributed by atoms with Gasteiger partial charge in [0.05, 0.1) is 12.5 Å². The maximum atomic E-state index is 13.4. The minimum absolute atomic E-state index is 0.0926. The van der Waals surface area contributed by atoms with Crippen LogP contribution < -0.4 is 9.47 Å². The number of nitrogens with zero attached hydrogens (tertiary/aromatic N) is 1. The third-order valence-electron chi connectivity index (χ3n) is 7.59. The van der Waals surface area contributed by atoms with Crippen molar-refractivity contribution >= 4 is 11.7 Å². The van der Waals surface area contributed by atoms with Crippen molar-refractivity contribution in [1.82, 2.24) is 4.90 Å². The number of carbonyl (C=O) groups excluding carboxylic acids is 2. The molecule has 0 N–H and O–H groups in total. The molecular formula is C24H23NO4. The summed E-state index contributed by atoms with van der Waals surface area (Å²) in [6.07, 6.45) is 2.46. The van der Waals surface area contributed by atoms with Gasteiger partial charge in [0.25, 0.3) is 5.91 Å². The summed E-state index contributed by atoms with van der Waals surface area (Å²) >= 11 is 0. The summed E-state index contributed by atoms with van der Waals surface area (Å²) in [6, 6.07) is 13.7. The molecule has 2 aliphatic carbocycles. The highest BCUT2D eigenvalue weighted by atomic mass is 16.5. The molecule has 1 spiro atoms. The van der Waals surface area contributed by atoms with E-state index in [4.69, 9.17) is 9.47 Å². The van der Waals surface area contributed by atoms with E-state index in [2.05, 4.69) is 11.0 Å². The zero-order chi connectivity index (χ0) is 19.8. The Hall–Kier alpha value is -2.82. The second-order valence-electron chi connectivity index (χ2n) is 8.67. The van der Waals surface area contributed by atoms with Gasteiger partial charge in [0.1, 0.15) is 0 Å². The van der Waals surface area contributed by atoms with Gasteiger partial charge in [-0.05, 0) is 48.9 Å². The molecule has 2 aliphatic heterocycles. The zero-order valence-electron chi connectivity index (χ0n) is 16.4. The molecule has 148 valence electrons. The molecule has 1 saturated carbocycles. The second-order valence-corrected chi connectivity index (χ2v) is 8.67. The lowest BCUT2D eigenvalue weighted by Gasteiger charge is -2.57. The van der Waals surface area contributed by atoms with Gasteiger partial charge in [0, 0.05) is 30.1 Å². The number of piperidine rings is 1. The van der Waals surface area contributed by atoms with Crippen molar-refractivity contribution < 1.29 is 19.1 Å². The molecule has 2 fully saturated rings. The fraction of sp³-hybridized carbons (Fsp3) is 0.417. The number of Topliss-reactive ketones (excluding diaryl/α,β-unsaturated/α-hetero) is 1. The lowest BCUT2D eigenvalue weighted by Crippen LogP contribution is -2.66. The number of likely N-dealkylation sites (tertiary alicyclic amines) is 1. The first-order chi connectivity index (χ1) is 14.1. The van der Waals surface area contributed by atoms with Crippen LogP contribution in [0.2, 0.25) is 0 Å². The van der Waals surface area contributed by atoms with Crippen LogP contribution in [0.3, 0.4) is 0 Å². The number of ketones is 1. The van der Waals surface area contributed by atoms with E-state index in [-0.39, 0.29) is 29.1 Å². The third kappa shape index (κ3) is 2.05. The Kier molecular flexibility index (Phi) is 3.44. The van der Waals surface area contributed by atoms with Gasteiger partial charge in [-0.2, -0.15) is 0 Å². The molecule has 2 aromatic carbocycles. The van der Waals surface area contributed by atoms with Gasteiger partial charge < -0.3 is 14.4 Å². The van der Waals surface area contributed by atoms with Crippen LogP contribution >= 0.6 is 0 Å². The van der Waals surface area contributed by atoms with E-state index in [0.717, 1.165) is 30.6 Å². The molecule has 29 heavy (non-hydrogen) atoms. The van der Waals surface area contributed by atoms with Crippen molar-refractivity contribution in [2.24, 2.45) is 5.92 Å². The summed E-state index contributed by atoms with van der Waals surface area (Å²) in [5, 5.41) is 0. The lowest BCUT2D eigenvalue weighted by molar-refractivity contribution is -0.137. The summed E-state index contributed by atoms with van der Waals surface area (Å²) in [5.74, 6) is 1.99. The molecule has 0 unspecified atom stereocenters. The Morgan fingerprint density at radius 3 is 2.83 bits per heavy atom. The molecule has 4 aliphatic rings. The highest BCUT2D eigenvalue weighted by Gasteiger charge is 2.66. The zero-order valence-corrected chi connectivity index (χ0v) is 16.4. The normalized spacial score (nSPS) is 31.1. The van der Waals surface area contributed by atoms with Crippen LogP contribution in [0.1, 0.15) is 40.7 Å². The first kappa shape index (κ1) is 17.1. The Morgan fingerprint density at radius 2 is 2.03 bits per heavy atom. The van der Waals surface area contributed by atoms with Crippen LogP contribution in [0, 0.1) is 5.92 Å². The van der Waals surface area contributed by atoms with Gasteiger partial charge in [0.2, 0.25) is 0 Å². The molecule has 0 radical (unpaired) electrons. The van der Waals surface area contributed by atoms with Crippen molar-refractivity contribution in [3.05, 3.63) is 59.2 Å². The Bertz CT molecular complexity index is 1030. The molecule has 2 heterocycles. The Balaban J connectivity index is 1.50. The molecule has 2 bridgehead atoms. The van der Waals surface area contributed by atoms with Crippen LogP contribution in [-0.2, 0) is 16.6 Å². The van der Waals surface area contributed by atoms with E-state index in [9.17, 15) is 9.59 Å². The van der Waals surface area contributed by atoms with Crippen LogP contribution in [0.25, 0.3) is 0 Å². The lowest BCUT2D eigenvalue weighted by atomic mass is 9.51. The van der Waals surface area contributed by atoms with E-state index in [1.165, 1.54) is 11.1 Å². The Labute approximate surface area is 169 Å². The highest BCUT2D eigenvalue weighted by molar-refractivity contribution is 5.95. The minimum atomic E-state index is -0.442. The van der Waals surface area contributed by atoms with E-state index in [1.807, 2.05) is 36.4 Å². The van der Waals surface area contributed by atoms with Crippen molar-refractivity contribution in [2.45, 2.75) is 43.2 Å². The molecule has 6 rings (SSSR count). The summed E-state index contributed by atoms with van der Waals surface area (Å²) in [5.41, 5.74) is 2.80. The molecule has 1 amide bonds. The topological polar surface area (TPSA) is 55.8 Å². The fourth-order valence-corrected chi connectivity index (χ4v) is 6.48. The van der Waals surface area contributed by atoms with Crippen molar-refractivity contribution in [2.75, 3.05) is 13.7 Å². The number of ether oxygens (including phenoxy) is 2. The number of benzene rings is 2. The number of amides is 1. The van der Waals surface area contributed by atoms with Gasteiger partial charge in [-0.25, -0.2) is 0 Å². The largest absolute Gasteiger partial charge is 0.493 e. The number of rotatable bonds is 2. The molecule has 2 aromatic rings. The van der Waals surface area contributed by atoms with Gasteiger partial charge in [-0.15, -0.1) is 0 Å². The first-order valence-electron chi connectivity index (χ1n) is 10.4. The van der Waals surface area contributed by atoms with Crippen molar-refractivity contribution in [3.63, 3.8) is 0 Å². The van der Waals surface area contributed by atoms with E-state index in [0.29, 0.717) is 18.7 Å². The molecule has 5 nitrogen and oxygen atoms in total. The molecule has 0 aromatic heterocycles. The maximum absolute atomic E-state index is 13.4. The van der Waals surface area contributed by atoms with Gasteiger partial charge in [-0.1, -0.05) is 24.3 Å². The monoisotopic (exact) mass is 389 g/mol. The summed E-state index contributed by atoms with van der Waals surface area (Å²) in [4.78, 5) is 28.3. The molecule has 1 saturated heterocycles. The quantitative estimate of drug-likeness (QED) is 0.792. The number of hydrogen-bond donors (Lipinski definition) is 0. The van der Waals surface area contributed by atoms with Crippen molar-refractivity contribution in [1.29, 1.82) is 0 Å². The van der Waals surface area contributed by atoms with E-state index < -0.39 is 6.10 Å². The van der Waals surface area contributed by atoms with Crippen LogP contribution in [0.5, 0.6) is 11.5 Å². The maximum Gasteiger partial charge on any atom is 0.254 e. The smallest absolute Gasteiger partial charge is 0.254 e. The predicted octanol–water partition coefficient (Wildman–Crippen LogP) is 3.14. The van der Waals surface area contributed by atoms with Gasteiger partial charge in [-0.3, -0.25) is 9.59 Å². The number of methoxy groups -OCH3 is 1. The van der Waals surface area contributed by atoms with Crippen molar-refractivity contribution in [3.8, 4) is 11.5 Å². The van der Waals surface area contributed by atoms with E-state index >= 15 is 0 Å². The Morgan fingerprint density at radius 1 is 1.21 bits per heavy atom. The summed E-state index contributed by atoms with van der Waals surface area (Å²) < 4.78 is 11.9. The number of carbonyl (C=O) groups is 2. The minimum Gasteiger partial charge on any atom is -0.493 e. The molecule has 4 atom stereocenters. The average molecular weight is 389 g/mol. The van der Waals surface area contributed by atoms with Crippen LogP contribution in [0.4, 0.5) is 0 Å². The molecule has 5 heteroatoms. The highest BCUT2D eigenvalue weighted by Crippen LogP contribution is 2.63. The standard InChI is InChI=1S/C24H23NO4/c1-28-19-10-7-15-13-17-16-8-9-18(26)22-24(16,20(15)21(19)29-22)11-12-25(17)23(27)14-5-3-2-4-6-14/h2-7,10,16-17,22H,8-9,11-13H2,1H3/t16-,17+,22-,24-/m0/s1. The van der Waals surface area contributed by atoms with Gasteiger partial charge in [0.15, 0.2) is 23.4 Å². The average Bonchev–Trinajstić information content (AvgIpc) is 3.10. The number of hydrogen-bond acceptors (Lipinski definition) is 4. The third-order valence-corrected chi connectivity index (χ3v) is 7.59. The van der Waals surface area contributed by atoms with Crippen LogP contribution in [0.15, 0.2) is 42.5 Å². The van der Waals surface area contributed by atoms with Gasteiger partial charge >= 0.3 is 0 Å². The fourth-order valence-electron chi connectivity index (χ4n) is 6.48.